The van der Waals surface area contributed by atoms with Crippen molar-refractivity contribution in [2.24, 2.45) is 12.0 Å². The zero-order valence-electron chi connectivity index (χ0n) is 16.7. The Labute approximate surface area is 166 Å². The van der Waals surface area contributed by atoms with E-state index in [0.29, 0.717) is 13.3 Å². The van der Waals surface area contributed by atoms with Crippen LogP contribution in [-0.4, -0.2) is 36.1 Å². The first-order valence-corrected chi connectivity index (χ1v) is 10.0. The summed E-state index contributed by atoms with van der Waals surface area (Å²) in [5.74, 6) is 2.52. The molecule has 0 unspecified atom stereocenters. The first-order chi connectivity index (χ1) is 13.7. The number of benzene rings is 1. The van der Waals surface area contributed by atoms with Crippen LogP contribution in [0.5, 0.6) is 11.5 Å². The van der Waals surface area contributed by atoms with Crippen LogP contribution in [0.4, 0.5) is 0 Å². The maximum atomic E-state index is 5.63. The first-order valence-electron chi connectivity index (χ1n) is 10.0. The zero-order chi connectivity index (χ0) is 19.4. The molecule has 0 saturated heterocycles. The normalized spacial score (nSPS) is 18.1. The molecule has 0 spiro atoms. The Balaban J connectivity index is 1.46. The Morgan fingerprint density at radius 2 is 1.96 bits per heavy atom. The van der Waals surface area contributed by atoms with Gasteiger partial charge < -0.3 is 20.1 Å². The van der Waals surface area contributed by atoms with Crippen LogP contribution < -0.4 is 20.1 Å². The molecule has 7 nitrogen and oxygen atoms in total. The van der Waals surface area contributed by atoms with Gasteiger partial charge in [-0.15, -0.1) is 0 Å². The Morgan fingerprint density at radius 3 is 2.71 bits per heavy atom. The molecule has 28 heavy (non-hydrogen) atoms. The number of fused-ring (bicyclic) bond motifs is 1. The van der Waals surface area contributed by atoms with Crippen molar-refractivity contribution in [3.8, 4) is 11.5 Å². The monoisotopic (exact) mass is 383 g/mol. The molecule has 2 heterocycles. The van der Waals surface area contributed by atoms with Crippen LogP contribution in [0.15, 0.2) is 35.5 Å². The van der Waals surface area contributed by atoms with Crippen LogP contribution in [0.25, 0.3) is 0 Å². The summed E-state index contributed by atoms with van der Waals surface area (Å²) in [5.41, 5.74) is 2.53. The van der Waals surface area contributed by atoms with Gasteiger partial charge in [-0.3, -0.25) is 9.67 Å². The molecule has 7 heteroatoms. The van der Waals surface area contributed by atoms with Crippen molar-refractivity contribution < 1.29 is 9.47 Å². The predicted molar refractivity (Wildman–Crippen MR) is 109 cm³/mol. The number of rotatable bonds is 5. The van der Waals surface area contributed by atoms with Crippen LogP contribution in [0.1, 0.15) is 43.4 Å². The molecule has 2 aliphatic rings. The fourth-order valence-electron chi connectivity index (χ4n) is 4.25. The van der Waals surface area contributed by atoms with E-state index in [4.69, 9.17) is 9.47 Å². The van der Waals surface area contributed by atoms with Gasteiger partial charge in [0.1, 0.15) is 0 Å². The number of aromatic nitrogens is 2. The Kier molecular flexibility index (Phi) is 5.41. The minimum atomic E-state index is 0.0867. The molecular weight excluding hydrogens is 354 g/mol. The molecule has 0 radical (unpaired) electrons. The molecule has 1 aromatic heterocycles. The van der Waals surface area contributed by atoms with E-state index < -0.39 is 0 Å². The quantitative estimate of drug-likeness (QED) is 0.614. The molecule has 1 aromatic carbocycles. The predicted octanol–water partition coefficient (Wildman–Crippen LogP) is 2.72. The molecule has 4 rings (SSSR count). The van der Waals surface area contributed by atoms with E-state index in [2.05, 4.69) is 32.9 Å². The van der Waals surface area contributed by atoms with E-state index in [1.54, 1.807) is 0 Å². The highest BCUT2D eigenvalue weighted by Gasteiger charge is 2.35. The van der Waals surface area contributed by atoms with Gasteiger partial charge in [0, 0.05) is 32.3 Å². The van der Waals surface area contributed by atoms with Crippen LogP contribution in [0.3, 0.4) is 0 Å². The molecular formula is C21H29N5O2. The summed E-state index contributed by atoms with van der Waals surface area (Å²) < 4.78 is 13.0. The van der Waals surface area contributed by atoms with Gasteiger partial charge in [0.25, 0.3) is 0 Å². The topological polar surface area (TPSA) is 72.7 Å². The van der Waals surface area contributed by atoms with Crippen molar-refractivity contribution >= 4 is 5.96 Å². The first kappa shape index (κ1) is 18.7. The molecule has 1 fully saturated rings. The maximum Gasteiger partial charge on any atom is 0.231 e. The zero-order valence-corrected chi connectivity index (χ0v) is 16.7. The van der Waals surface area contributed by atoms with Crippen molar-refractivity contribution in [1.82, 2.24) is 20.4 Å². The number of guanidine groups is 1. The van der Waals surface area contributed by atoms with Crippen LogP contribution in [0.2, 0.25) is 0 Å². The van der Waals surface area contributed by atoms with E-state index in [1.807, 2.05) is 37.1 Å². The smallest absolute Gasteiger partial charge is 0.231 e. The number of ether oxygens (including phenoxy) is 2. The van der Waals surface area contributed by atoms with Gasteiger partial charge in [-0.05, 0) is 36.6 Å². The van der Waals surface area contributed by atoms with Gasteiger partial charge in [-0.25, -0.2) is 0 Å². The van der Waals surface area contributed by atoms with Crippen LogP contribution in [-0.2, 0) is 19.0 Å². The molecule has 1 aliphatic heterocycles. The number of nitrogens with zero attached hydrogens (tertiary/aromatic N) is 3. The minimum absolute atomic E-state index is 0.0867. The summed E-state index contributed by atoms with van der Waals surface area (Å²) in [6.07, 6.45) is 7.94. The number of hydrogen-bond donors (Lipinski definition) is 2. The molecule has 1 aliphatic carbocycles. The molecule has 0 amide bonds. The lowest BCUT2D eigenvalue weighted by atomic mass is 9.69. The summed E-state index contributed by atoms with van der Waals surface area (Å²) in [4.78, 5) is 4.40. The maximum absolute atomic E-state index is 5.63. The summed E-state index contributed by atoms with van der Waals surface area (Å²) in [7, 11) is 3.76. The third-order valence-corrected chi connectivity index (χ3v) is 5.97. The van der Waals surface area contributed by atoms with Gasteiger partial charge in [-0.2, -0.15) is 5.10 Å². The highest BCUT2D eigenvalue weighted by atomic mass is 16.7. The number of aliphatic imine (C=N–C) groups is 1. The lowest BCUT2D eigenvalue weighted by Gasteiger charge is -2.38. The largest absolute Gasteiger partial charge is 0.454 e. The third kappa shape index (κ3) is 3.79. The number of hydrogen-bond acceptors (Lipinski definition) is 4. The number of aryl methyl sites for hydroxylation is 1. The number of nitrogens with one attached hydrogen (secondary N) is 2. The summed E-state index contributed by atoms with van der Waals surface area (Å²) in [6, 6.07) is 8.42. The van der Waals surface area contributed by atoms with Gasteiger partial charge in [0.05, 0.1) is 12.2 Å². The molecule has 150 valence electrons. The van der Waals surface area contributed by atoms with E-state index in [-0.39, 0.29) is 5.41 Å². The molecule has 0 atom stereocenters. The second-order valence-electron chi connectivity index (χ2n) is 7.63. The lowest BCUT2D eigenvalue weighted by molar-refractivity contribution is 0.174. The van der Waals surface area contributed by atoms with Crippen molar-refractivity contribution in [3.05, 3.63) is 41.7 Å². The van der Waals surface area contributed by atoms with Crippen molar-refractivity contribution in [2.75, 3.05) is 20.4 Å². The van der Waals surface area contributed by atoms with Crippen molar-refractivity contribution in [2.45, 2.75) is 44.1 Å². The van der Waals surface area contributed by atoms with E-state index in [9.17, 15) is 0 Å². The van der Waals surface area contributed by atoms with Crippen molar-refractivity contribution in [1.29, 1.82) is 0 Å². The summed E-state index contributed by atoms with van der Waals surface area (Å²) in [6.45, 7) is 1.85. The SMILES string of the molecule is CN=C(NCc1ccnn1C)NCC1(c2ccc3c(c2)OCO3)CCCCC1. The van der Waals surface area contributed by atoms with E-state index in [0.717, 1.165) is 29.7 Å². The summed E-state index contributed by atoms with van der Waals surface area (Å²) >= 11 is 0. The average Bonchev–Trinajstić information content (AvgIpc) is 3.37. The Hall–Kier alpha value is -2.70. The molecule has 0 bridgehead atoms. The standard InChI is InChI=1S/C21H29N5O2/c1-22-20(23-13-17-8-11-25-26(17)2)24-14-21(9-4-3-5-10-21)16-6-7-18-19(12-16)28-15-27-18/h6-8,11-12H,3-5,9-10,13-15H2,1-2H3,(H2,22,23,24). The lowest BCUT2D eigenvalue weighted by Crippen LogP contribution is -2.46. The Morgan fingerprint density at radius 1 is 1.14 bits per heavy atom. The fourth-order valence-corrected chi connectivity index (χ4v) is 4.25. The highest BCUT2D eigenvalue weighted by molar-refractivity contribution is 5.79. The van der Waals surface area contributed by atoms with E-state index >= 15 is 0 Å². The van der Waals surface area contributed by atoms with Gasteiger partial charge in [0.2, 0.25) is 6.79 Å². The van der Waals surface area contributed by atoms with Gasteiger partial charge in [0.15, 0.2) is 17.5 Å². The molecule has 2 aromatic rings. The summed E-state index contributed by atoms with van der Waals surface area (Å²) in [5, 5.41) is 11.2. The average molecular weight is 383 g/mol. The van der Waals surface area contributed by atoms with Gasteiger partial charge in [-0.1, -0.05) is 25.3 Å². The van der Waals surface area contributed by atoms with Crippen molar-refractivity contribution in [3.63, 3.8) is 0 Å². The van der Waals surface area contributed by atoms with E-state index in [1.165, 1.54) is 37.7 Å². The molecule has 1 saturated carbocycles. The third-order valence-electron chi connectivity index (χ3n) is 5.97. The molecule has 2 N–H and O–H groups in total. The van der Waals surface area contributed by atoms with Gasteiger partial charge >= 0.3 is 0 Å². The fraction of sp³-hybridized carbons (Fsp3) is 0.524. The minimum Gasteiger partial charge on any atom is -0.454 e. The second-order valence-corrected chi connectivity index (χ2v) is 7.63. The van der Waals surface area contributed by atoms with Crippen LogP contribution in [0, 0.1) is 0 Å². The second kappa shape index (κ2) is 8.12. The Bertz CT molecular complexity index is 839. The van der Waals surface area contributed by atoms with Crippen LogP contribution >= 0.6 is 0 Å². The highest BCUT2D eigenvalue weighted by Crippen LogP contribution is 2.43.